The Morgan fingerprint density at radius 2 is 1.91 bits per heavy atom. The molecule has 0 saturated carbocycles. The molecule has 0 spiro atoms. The molecule has 0 radical (unpaired) electrons. The summed E-state index contributed by atoms with van der Waals surface area (Å²) in [5.74, 6) is 0.0942. The highest BCUT2D eigenvalue weighted by Crippen LogP contribution is 2.30. The van der Waals surface area contributed by atoms with E-state index in [4.69, 9.17) is 0 Å². The highest BCUT2D eigenvalue weighted by molar-refractivity contribution is 5.91. The molecule has 1 heterocycles. The fourth-order valence-electron chi connectivity index (χ4n) is 3.00. The molecular weight excluding hydrogens is 272 g/mol. The second-order valence-corrected chi connectivity index (χ2v) is 5.76. The normalized spacial score (nSPS) is 13.0. The minimum atomic E-state index is 0.0942. The van der Waals surface area contributed by atoms with E-state index in [-0.39, 0.29) is 5.91 Å². The van der Waals surface area contributed by atoms with Crippen molar-refractivity contribution >= 4 is 17.3 Å². The van der Waals surface area contributed by atoms with Crippen LogP contribution >= 0.6 is 0 Å². The first kappa shape index (κ1) is 14.6. The number of benzene rings is 2. The Bertz CT molecular complexity index is 666. The average Bonchev–Trinajstić information content (AvgIpc) is 2.93. The van der Waals surface area contributed by atoms with Crippen molar-refractivity contribution in [2.45, 2.75) is 32.7 Å². The van der Waals surface area contributed by atoms with Crippen LogP contribution in [-0.2, 0) is 17.8 Å². The molecule has 3 nitrogen and oxygen atoms in total. The van der Waals surface area contributed by atoms with Gasteiger partial charge in [-0.15, -0.1) is 0 Å². The van der Waals surface area contributed by atoms with Crippen LogP contribution in [0.4, 0.5) is 11.4 Å². The lowest BCUT2D eigenvalue weighted by Gasteiger charge is -2.21. The summed E-state index contributed by atoms with van der Waals surface area (Å²) in [4.78, 5) is 14.3. The summed E-state index contributed by atoms with van der Waals surface area (Å²) in [7, 11) is 0. The molecule has 1 aliphatic heterocycles. The Balaban J connectivity index is 1.77. The van der Waals surface area contributed by atoms with Crippen LogP contribution in [0.2, 0.25) is 0 Å². The summed E-state index contributed by atoms with van der Waals surface area (Å²) < 4.78 is 0. The Kier molecular flexibility index (Phi) is 4.42. The highest BCUT2D eigenvalue weighted by Gasteiger charge is 2.19. The molecule has 0 atom stereocenters. The number of nitrogens with zero attached hydrogens (tertiary/aromatic N) is 1. The van der Waals surface area contributed by atoms with Gasteiger partial charge in [-0.2, -0.15) is 0 Å². The molecule has 1 amide bonds. The molecule has 2 aromatic carbocycles. The van der Waals surface area contributed by atoms with Gasteiger partial charge in [-0.05, 0) is 36.1 Å². The number of carbonyl (C=O) groups is 1. The number of amides is 1. The first-order valence-corrected chi connectivity index (χ1v) is 7.98. The Labute approximate surface area is 132 Å². The first-order valence-electron chi connectivity index (χ1n) is 7.98. The third-order valence-corrected chi connectivity index (χ3v) is 4.11. The van der Waals surface area contributed by atoms with Crippen molar-refractivity contribution in [3.63, 3.8) is 0 Å². The van der Waals surface area contributed by atoms with Gasteiger partial charge in [-0.25, -0.2) is 0 Å². The van der Waals surface area contributed by atoms with Crippen molar-refractivity contribution in [3.8, 4) is 0 Å². The Morgan fingerprint density at radius 3 is 2.77 bits per heavy atom. The summed E-state index contributed by atoms with van der Waals surface area (Å²) in [5, 5.41) is 3.04. The van der Waals surface area contributed by atoms with E-state index in [1.54, 1.807) is 0 Å². The fourth-order valence-corrected chi connectivity index (χ4v) is 3.00. The number of hydrogen-bond donors (Lipinski definition) is 1. The smallest absolute Gasteiger partial charge is 0.224 e. The number of carbonyl (C=O) groups excluding carboxylic acids is 1. The number of rotatable bonds is 5. The van der Waals surface area contributed by atoms with Crippen molar-refractivity contribution in [2.75, 3.05) is 16.8 Å². The second kappa shape index (κ2) is 6.65. The zero-order valence-corrected chi connectivity index (χ0v) is 13.0. The van der Waals surface area contributed by atoms with Crippen LogP contribution in [0.5, 0.6) is 0 Å². The number of nitrogens with one attached hydrogen (secondary N) is 1. The SMILES string of the molecule is CCCC(=O)Nc1ccccc1CN1CCc2ccccc21. The lowest BCUT2D eigenvalue weighted by molar-refractivity contribution is -0.116. The third-order valence-electron chi connectivity index (χ3n) is 4.11. The molecule has 0 bridgehead atoms. The van der Waals surface area contributed by atoms with Gasteiger partial charge in [0.2, 0.25) is 5.91 Å². The van der Waals surface area contributed by atoms with Crippen LogP contribution in [0.3, 0.4) is 0 Å². The molecule has 0 unspecified atom stereocenters. The topological polar surface area (TPSA) is 32.3 Å². The summed E-state index contributed by atoms with van der Waals surface area (Å²) in [6.07, 6.45) is 2.54. The molecule has 0 aliphatic carbocycles. The molecule has 1 N–H and O–H groups in total. The first-order chi connectivity index (χ1) is 10.8. The van der Waals surface area contributed by atoms with Gasteiger partial charge >= 0.3 is 0 Å². The van der Waals surface area contributed by atoms with Crippen LogP contribution in [0.1, 0.15) is 30.9 Å². The quantitative estimate of drug-likeness (QED) is 0.904. The maximum Gasteiger partial charge on any atom is 0.224 e. The van der Waals surface area contributed by atoms with Crippen molar-refractivity contribution in [2.24, 2.45) is 0 Å². The average molecular weight is 294 g/mol. The third kappa shape index (κ3) is 3.14. The number of anilines is 2. The molecular formula is C19H22N2O. The van der Waals surface area contributed by atoms with Gasteiger partial charge in [0.15, 0.2) is 0 Å². The molecule has 0 saturated heterocycles. The Hall–Kier alpha value is -2.29. The van der Waals surface area contributed by atoms with Gasteiger partial charge < -0.3 is 10.2 Å². The largest absolute Gasteiger partial charge is 0.367 e. The van der Waals surface area contributed by atoms with Gasteiger partial charge in [-0.1, -0.05) is 43.3 Å². The lowest BCUT2D eigenvalue weighted by Crippen LogP contribution is -2.21. The van der Waals surface area contributed by atoms with E-state index in [1.165, 1.54) is 16.8 Å². The van der Waals surface area contributed by atoms with Gasteiger partial charge in [0.1, 0.15) is 0 Å². The second-order valence-electron chi connectivity index (χ2n) is 5.76. The van der Waals surface area contributed by atoms with E-state index in [1.807, 2.05) is 25.1 Å². The van der Waals surface area contributed by atoms with Gasteiger partial charge in [0.05, 0.1) is 0 Å². The lowest BCUT2D eigenvalue weighted by atomic mass is 10.1. The number of hydrogen-bond acceptors (Lipinski definition) is 2. The molecule has 1 aliphatic rings. The van der Waals surface area contributed by atoms with Crippen molar-refractivity contribution in [3.05, 3.63) is 59.7 Å². The Morgan fingerprint density at radius 1 is 1.14 bits per heavy atom. The van der Waals surface area contributed by atoms with Crippen molar-refractivity contribution in [1.29, 1.82) is 0 Å². The highest BCUT2D eigenvalue weighted by atomic mass is 16.1. The number of para-hydroxylation sites is 2. The van der Waals surface area contributed by atoms with E-state index in [9.17, 15) is 4.79 Å². The fraction of sp³-hybridized carbons (Fsp3) is 0.316. The summed E-state index contributed by atoms with van der Waals surface area (Å²) in [6, 6.07) is 16.7. The van der Waals surface area contributed by atoms with E-state index >= 15 is 0 Å². The van der Waals surface area contributed by atoms with Crippen LogP contribution in [0.15, 0.2) is 48.5 Å². The van der Waals surface area contributed by atoms with Crippen molar-refractivity contribution < 1.29 is 4.79 Å². The van der Waals surface area contributed by atoms with Crippen LogP contribution in [0, 0.1) is 0 Å². The number of fused-ring (bicyclic) bond motifs is 1. The minimum absolute atomic E-state index is 0.0942. The molecule has 0 fully saturated rings. The van der Waals surface area contributed by atoms with Gasteiger partial charge in [0.25, 0.3) is 0 Å². The molecule has 22 heavy (non-hydrogen) atoms. The zero-order valence-electron chi connectivity index (χ0n) is 13.0. The molecule has 2 aromatic rings. The van der Waals surface area contributed by atoms with Gasteiger partial charge in [-0.3, -0.25) is 4.79 Å². The molecule has 114 valence electrons. The summed E-state index contributed by atoms with van der Waals surface area (Å²) in [6.45, 7) is 3.89. The van der Waals surface area contributed by atoms with Crippen LogP contribution in [0.25, 0.3) is 0 Å². The molecule has 3 rings (SSSR count). The predicted octanol–water partition coefficient (Wildman–Crippen LogP) is 3.99. The van der Waals surface area contributed by atoms with E-state index in [0.29, 0.717) is 6.42 Å². The molecule has 3 heteroatoms. The maximum atomic E-state index is 11.9. The van der Waals surface area contributed by atoms with E-state index < -0.39 is 0 Å². The minimum Gasteiger partial charge on any atom is -0.367 e. The van der Waals surface area contributed by atoms with Gasteiger partial charge in [0, 0.05) is 30.9 Å². The van der Waals surface area contributed by atoms with E-state index in [0.717, 1.165) is 31.6 Å². The summed E-state index contributed by atoms with van der Waals surface area (Å²) >= 11 is 0. The van der Waals surface area contributed by atoms with E-state index in [2.05, 4.69) is 40.5 Å². The molecule has 0 aromatic heterocycles. The zero-order chi connectivity index (χ0) is 15.4. The summed E-state index contributed by atoms with van der Waals surface area (Å²) in [5.41, 5.74) is 4.83. The predicted molar refractivity (Wildman–Crippen MR) is 91.2 cm³/mol. The maximum absolute atomic E-state index is 11.9. The van der Waals surface area contributed by atoms with Crippen molar-refractivity contribution in [1.82, 2.24) is 0 Å². The monoisotopic (exact) mass is 294 g/mol. The van der Waals surface area contributed by atoms with Crippen LogP contribution < -0.4 is 10.2 Å². The van der Waals surface area contributed by atoms with Crippen LogP contribution in [-0.4, -0.2) is 12.5 Å². The standard InChI is InChI=1S/C19H22N2O/c1-2-7-19(22)20-17-10-5-3-9-16(17)14-21-13-12-15-8-4-6-11-18(15)21/h3-6,8-11H,2,7,12-14H2,1H3,(H,20,22).